The number of ketones is 1. The smallest absolute Gasteiger partial charge is 0.316 e. The van der Waals surface area contributed by atoms with Crippen molar-refractivity contribution in [2.75, 3.05) is 6.61 Å². The molecule has 3 heteroatoms. The fourth-order valence-electron chi connectivity index (χ4n) is 3.95. The van der Waals surface area contributed by atoms with E-state index in [4.69, 9.17) is 4.74 Å². The highest BCUT2D eigenvalue weighted by atomic mass is 16.5. The first kappa shape index (κ1) is 29.1. The molecule has 178 valence electrons. The van der Waals surface area contributed by atoms with Gasteiger partial charge in [-0.3, -0.25) is 9.59 Å². The molecule has 0 aromatic carbocycles. The first-order valence-electron chi connectivity index (χ1n) is 13.4. The number of ether oxygens (including phenoxy) is 1. The number of hydrogen-bond acceptors (Lipinski definition) is 3. The fraction of sp³-hybridized carbons (Fsp3) is 0.926. The van der Waals surface area contributed by atoms with Gasteiger partial charge in [0.1, 0.15) is 11.7 Å². The molecule has 0 aliphatic heterocycles. The van der Waals surface area contributed by atoms with Gasteiger partial charge in [0, 0.05) is 6.42 Å². The molecule has 30 heavy (non-hydrogen) atoms. The van der Waals surface area contributed by atoms with E-state index in [1.165, 1.54) is 77.0 Å². The van der Waals surface area contributed by atoms with Gasteiger partial charge < -0.3 is 4.74 Å². The maximum atomic E-state index is 12.7. The van der Waals surface area contributed by atoms with Gasteiger partial charge in [-0.1, -0.05) is 124 Å². The SMILES string of the molecule is CCCCCCCCOC(=O)C(CCCCCCCC)C(=O)CCCCCCCC. The monoisotopic (exact) mass is 424 g/mol. The molecule has 0 fully saturated rings. The Morgan fingerprint density at radius 1 is 0.567 bits per heavy atom. The number of carbonyl (C=O) groups excluding carboxylic acids is 2. The number of unbranched alkanes of at least 4 members (excludes halogenated alkanes) is 15. The predicted molar refractivity (Wildman–Crippen MR) is 129 cm³/mol. The summed E-state index contributed by atoms with van der Waals surface area (Å²) in [7, 11) is 0. The van der Waals surface area contributed by atoms with Crippen molar-refractivity contribution in [2.45, 2.75) is 149 Å². The summed E-state index contributed by atoms with van der Waals surface area (Å²) >= 11 is 0. The maximum Gasteiger partial charge on any atom is 0.316 e. The van der Waals surface area contributed by atoms with Gasteiger partial charge >= 0.3 is 5.97 Å². The number of hydrogen-bond donors (Lipinski definition) is 0. The van der Waals surface area contributed by atoms with E-state index in [0.29, 0.717) is 19.4 Å². The van der Waals surface area contributed by atoms with E-state index >= 15 is 0 Å². The van der Waals surface area contributed by atoms with E-state index < -0.39 is 5.92 Å². The van der Waals surface area contributed by atoms with Crippen molar-refractivity contribution < 1.29 is 14.3 Å². The summed E-state index contributed by atoms with van der Waals surface area (Å²) in [6, 6.07) is 0. The van der Waals surface area contributed by atoms with Crippen LogP contribution in [0.4, 0.5) is 0 Å². The topological polar surface area (TPSA) is 43.4 Å². The molecular weight excluding hydrogens is 372 g/mol. The van der Waals surface area contributed by atoms with Gasteiger partial charge in [-0.05, 0) is 19.3 Å². The van der Waals surface area contributed by atoms with Crippen LogP contribution in [0.3, 0.4) is 0 Å². The zero-order valence-corrected chi connectivity index (χ0v) is 20.7. The van der Waals surface area contributed by atoms with E-state index in [0.717, 1.165) is 38.5 Å². The zero-order valence-electron chi connectivity index (χ0n) is 20.7. The molecule has 3 nitrogen and oxygen atoms in total. The Morgan fingerprint density at radius 2 is 1.00 bits per heavy atom. The van der Waals surface area contributed by atoms with Gasteiger partial charge in [0.2, 0.25) is 0 Å². The molecule has 1 unspecified atom stereocenters. The fourth-order valence-corrected chi connectivity index (χ4v) is 3.95. The normalized spacial score (nSPS) is 12.1. The Balaban J connectivity index is 4.26. The van der Waals surface area contributed by atoms with Crippen LogP contribution in [0.25, 0.3) is 0 Å². The summed E-state index contributed by atoms with van der Waals surface area (Å²) in [4.78, 5) is 25.4. The molecule has 0 heterocycles. The maximum absolute atomic E-state index is 12.7. The number of rotatable bonds is 23. The Kier molecular flexibility index (Phi) is 22.2. The average molecular weight is 425 g/mol. The lowest BCUT2D eigenvalue weighted by Gasteiger charge is -2.15. The van der Waals surface area contributed by atoms with E-state index in [9.17, 15) is 9.59 Å². The molecule has 0 spiro atoms. The highest BCUT2D eigenvalue weighted by Gasteiger charge is 2.26. The van der Waals surface area contributed by atoms with Crippen LogP contribution in [0, 0.1) is 5.92 Å². The van der Waals surface area contributed by atoms with Crippen LogP contribution < -0.4 is 0 Å². The molecule has 0 aromatic heterocycles. The van der Waals surface area contributed by atoms with Gasteiger partial charge in [-0.2, -0.15) is 0 Å². The third-order valence-corrected chi connectivity index (χ3v) is 6.04. The zero-order chi connectivity index (χ0) is 22.3. The van der Waals surface area contributed by atoms with Crippen LogP contribution in [0.5, 0.6) is 0 Å². The van der Waals surface area contributed by atoms with Crippen molar-refractivity contribution in [2.24, 2.45) is 5.92 Å². The molecule has 0 bridgehead atoms. The van der Waals surface area contributed by atoms with Gasteiger partial charge in [-0.25, -0.2) is 0 Å². The van der Waals surface area contributed by atoms with Crippen molar-refractivity contribution in [3.63, 3.8) is 0 Å². The molecule has 0 saturated heterocycles. The molecule has 0 radical (unpaired) electrons. The third kappa shape index (κ3) is 18.0. The summed E-state index contributed by atoms with van der Waals surface area (Å²) in [5, 5.41) is 0. The Bertz CT molecular complexity index is 392. The van der Waals surface area contributed by atoms with E-state index in [2.05, 4.69) is 20.8 Å². The molecular formula is C27H52O3. The highest BCUT2D eigenvalue weighted by Crippen LogP contribution is 2.19. The number of carbonyl (C=O) groups is 2. The van der Waals surface area contributed by atoms with Crippen LogP contribution in [0.2, 0.25) is 0 Å². The lowest BCUT2D eigenvalue weighted by atomic mass is 9.93. The van der Waals surface area contributed by atoms with Crippen molar-refractivity contribution in [1.29, 1.82) is 0 Å². The van der Waals surface area contributed by atoms with Gasteiger partial charge in [0.25, 0.3) is 0 Å². The Morgan fingerprint density at radius 3 is 1.53 bits per heavy atom. The molecule has 0 aliphatic rings. The summed E-state index contributed by atoms with van der Waals surface area (Å²) in [6.45, 7) is 7.13. The minimum Gasteiger partial charge on any atom is -0.465 e. The molecule has 0 aromatic rings. The Hall–Kier alpha value is -0.860. The summed E-state index contributed by atoms with van der Waals surface area (Å²) in [6.07, 6.45) is 22.3. The molecule has 0 aliphatic carbocycles. The molecule has 0 saturated carbocycles. The minimum absolute atomic E-state index is 0.118. The lowest BCUT2D eigenvalue weighted by molar-refractivity contribution is -0.152. The van der Waals surface area contributed by atoms with Crippen LogP contribution in [0.15, 0.2) is 0 Å². The van der Waals surface area contributed by atoms with Crippen LogP contribution in [-0.4, -0.2) is 18.4 Å². The van der Waals surface area contributed by atoms with E-state index in [1.54, 1.807) is 0 Å². The second-order valence-corrected chi connectivity index (χ2v) is 9.03. The second-order valence-electron chi connectivity index (χ2n) is 9.03. The average Bonchev–Trinajstić information content (AvgIpc) is 2.74. The molecule has 0 amide bonds. The standard InChI is InChI=1S/C27H52O3/c1-4-7-10-13-16-19-22-25(26(28)23-20-17-14-11-8-5-2)27(29)30-24-21-18-15-12-9-6-3/h25H,4-24H2,1-3H3. The first-order valence-corrected chi connectivity index (χ1v) is 13.4. The summed E-state index contributed by atoms with van der Waals surface area (Å²) in [5.74, 6) is -0.660. The summed E-state index contributed by atoms with van der Waals surface area (Å²) < 4.78 is 5.53. The van der Waals surface area contributed by atoms with E-state index in [-0.39, 0.29) is 11.8 Å². The minimum atomic E-state index is -0.521. The molecule has 0 rings (SSSR count). The lowest BCUT2D eigenvalue weighted by Crippen LogP contribution is -2.26. The van der Waals surface area contributed by atoms with Gasteiger partial charge in [0.05, 0.1) is 6.61 Å². The largest absolute Gasteiger partial charge is 0.465 e. The predicted octanol–water partition coefficient (Wildman–Crippen LogP) is 8.58. The van der Waals surface area contributed by atoms with Crippen molar-refractivity contribution >= 4 is 11.8 Å². The molecule has 1 atom stereocenters. The first-order chi connectivity index (χ1) is 14.7. The number of Topliss-reactive ketones (excluding diaryl/α,β-unsaturated/α-hetero) is 1. The van der Waals surface area contributed by atoms with Crippen molar-refractivity contribution in [3.8, 4) is 0 Å². The highest BCUT2D eigenvalue weighted by molar-refractivity contribution is 5.98. The van der Waals surface area contributed by atoms with Crippen LogP contribution >= 0.6 is 0 Å². The van der Waals surface area contributed by atoms with Crippen molar-refractivity contribution in [3.05, 3.63) is 0 Å². The third-order valence-electron chi connectivity index (χ3n) is 6.04. The van der Waals surface area contributed by atoms with Gasteiger partial charge in [-0.15, -0.1) is 0 Å². The van der Waals surface area contributed by atoms with Crippen molar-refractivity contribution in [1.82, 2.24) is 0 Å². The Labute approximate surface area is 188 Å². The number of esters is 1. The van der Waals surface area contributed by atoms with E-state index in [1.807, 2.05) is 0 Å². The summed E-state index contributed by atoms with van der Waals surface area (Å²) in [5.41, 5.74) is 0. The molecule has 0 N–H and O–H groups in total. The second kappa shape index (κ2) is 22.8. The van der Waals surface area contributed by atoms with Crippen LogP contribution in [0.1, 0.15) is 149 Å². The van der Waals surface area contributed by atoms with Crippen LogP contribution in [-0.2, 0) is 14.3 Å². The quantitative estimate of drug-likeness (QED) is 0.0937. The van der Waals surface area contributed by atoms with Gasteiger partial charge in [0.15, 0.2) is 0 Å².